The molecule has 0 radical (unpaired) electrons. The Morgan fingerprint density at radius 3 is 1.89 bits per heavy atom. The van der Waals surface area contributed by atoms with Gasteiger partial charge in [-0.15, -0.1) is 11.3 Å². The second-order valence-corrected chi connectivity index (χ2v) is 16.2. The summed E-state index contributed by atoms with van der Waals surface area (Å²) in [5.74, 6) is 1.72. The monoisotopic (exact) mass is 800 g/mol. The van der Waals surface area contributed by atoms with Crippen LogP contribution in [0.5, 0.6) is 0 Å². The summed E-state index contributed by atoms with van der Waals surface area (Å²) in [5, 5.41) is 11.9. The highest BCUT2D eigenvalue weighted by atomic mass is 32.1. The van der Waals surface area contributed by atoms with Gasteiger partial charge in [-0.3, -0.25) is 4.57 Å². The molecule has 0 aliphatic rings. The van der Waals surface area contributed by atoms with Crippen molar-refractivity contribution in [2.45, 2.75) is 13.8 Å². The maximum atomic E-state index is 6.35. The van der Waals surface area contributed by atoms with Gasteiger partial charge in [0.2, 0.25) is 5.95 Å². The Kier molecular flexibility index (Phi) is 8.08. The van der Waals surface area contributed by atoms with Crippen LogP contribution in [0, 0.1) is 0 Å². The fraction of sp³-hybridized carbons (Fsp3) is 0.0364. The average molecular weight is 801 g/mol. The number of rotatable bonds is 4. The van der Waals surface area contributed by atoms with Crippen molar-refractivity contribution >= 4 is 96.8 Å². The Morgan fingerprint density at radius 2 is 1.07 bits per heavy atom. The van der Waals surface area contributed by atoms with Gasteiger partial charge in [0.1, 0.15) is 11.2 Å². The maximum Gasteiger partial charge on any atom is 0.238 e. The zero-order chi connectivity index (χ0) is 40.6. The molecule has 0 fully saturated rings. The zero-order valence-corrected chi connectivity index (χ0v) is 34.2. The number of benzene rings is 9. The Morgan fingerprint density at radius 1 is 0.426 bits per heavy atom. The molecule has 0 unspecified atom stereocenters. The van der Waals surface area contributed by atoms with Crippen LogP contribution in [0.15, 0.2) is 186 Å². The van der Waals surface area contributed by atoms with Gasteiger partial charge in [0, 0.05) is 58.4 Å². The molecule has 0 spiro atoms. The molecule has 0 bridgehead atoms. The maximum absolute atomic E-state index is 6.35. The first-order valence-corrected chi connectivity index (χ1v) is 21.6. The molecular weight excluding hydrogens is 765 g/mol. The fourth-order valence-corrected chi connectivity index (χ4v) is 10.3. The van der Waals surface area contributed by atoms with E-state index in [2.05, 4.69) is 150 Å². The van der Waals surface area contributed by atoms with Gasteiger partial charge < -0.3 is 4.42 Å². The fourth-order valence-electron chi connectivity index (χ4n) is 9.17. The number of aromatic nitrogens is 4. The van der Waals surface area contributed by atoms with Gasteiger partial charge in [0.15, 0.2) is 11.6 Å². The van der Waals surface area contributed by atoms with Crippen LogP contribution in [-0.2, 0) is 0 Å². The van der Waals surface area contributed by atoms with Gasteiger partial charge >= 0.3 is 0 Å². The predicted octanol–water partition coefficient (Wildman–Crippen LogP) is 15.6. The molecule has 61 heavy (non-hydrogen) atoms. The van der Waals surface area contributed by atoms with Crippen molar-refractivity contribution in [3.63, 3.8) is 0 Å². The Hall–Kier alpha value is -7.67. The Bertz CT molecular complexity index is 3860. The summed E-state index contributed by atoms with van der Waals surface area (Å²) in [4.78, 5) is 15.8. The predicted molar refractivity (Wildman–Crippen MR) is 257 cm³/mol. The van der Waals surface area contributed by atoms with E-state index in [0.29, 0.717) is 17.6 Å². The first-order valence-electron chi connectivity index (χ1n) is 20.8. The minimum atomic E-state index is 0.550. The standard InChI is InChI=1S/C53H30N4OS.C2H6/c1-2-13-33(14-3-1)51-54-52(35-21-25-40-39-17-8-9-20-44(39)58-45(40)30-35)56-53(55-51)57-43-26-22-31-11-4-6-15-36(31)48(43)41-19-10-18-38(50(41)57)34-24-27-46-42(29-34)49-37-16-7-5-12-32(37)23-28-47(49)59-46;1-2/h1-30H;1-2H3. The largest absolute Gasteiger partial charge is 0.456 e. The summed E-state index contributed by atoms with van der Waals surface area (Å²) < 4.78 is 11.2. The number of fused-ring (bicyclic) bond motifs is 13. The van der Waals surface area contributed by atoms with Gasteiger partial charge in [-0.1, -0.05) is 153 Å². The van der Waals surface area contributed by atoms with E-state index in [1.165, 1.54) is 47.1 Å². The number of nitrogens with zero attached hydrogens (tertiary/aromatic N) is 4. The van der Waals surface area contributed by atoms with Crippen LogP contribution in [0.2, 0.25) is 0 Å². The summed E-state index contributed by atoms with van der Waals surface area (Å²) in [6.07, 6.45) is 0. The van der Waals surface area contributed by atoms with Crippen LogP contribution in [0.4, 0.5) is 0 Å². The molecule has 0 amide bonds. The molecule has 0 N–H and O–H groups in total. The van der Waals surface area contributed by atoms with Crippen molar-refractivity contribution in [2.24, 2.45) is 0 Å². The van der Waals surface area contributed by atoms with Gasteiger partial charge in [0.25, 0.3) is 0 Å². The van der Waals surface area contributed by atoms with Crippen molar-refractivity contribution in [3.05, 3.63) is 182 Å². The Balaban J connectivity index is 0.00000197. The lowest BCUT2D eigenvalue weighted by molar-refractivity contribution is 0.669. The first kappa shape index (κ1) is 35.3. The topological polar surface area (TPSA) is 56.7 Å². The third-order valence-corrected chi connectivity index (χ3v) is 13.0. The smallest absolute Gasteiger partial charge is 0.238 e. The highest BCUT2D eigenvalue weighted by molar-refractivity contribution is 7.26. The number of hydrogen-bond donors (Lipinski definition) is 0. The zero-order valence-electron chi connectivity index (χ0n) is 33.4. The van der Waals surface area contributed by atoms with E-state index in [1.807, 2.05) is 61.6 Å². The number of para-hydroxylation sites is 2. The Labute approximate surface area is 354 Å². The van der Waals surface area contributed by atoms with Crippen LogP contribution < -0.4 is 0 Å². The molecule has 13 aromatic rings. The van der Waals surface area contributed by atoms with Crippen LogP contribution in [0.1, 0.15) is 13.8 Å². The SMILES string of the molecule is CC.c1ccc(-c2nc(-c3ccc4c(c3)oc3ccccc34)nc(-n3c4ccc5ccccc5c4c4cccc(-c5ccc6sc7ccc8ccccc8c7c6c5)c43)n2)cc1. The molecule has 6 heteroatoms. The lowest BCUT2D eigenvalue weighted by atomic mass is 9.97. The third-order valence-electron chi connectivity index (χ3n) is 11.8. The summed E-state index contributed by atoms with van der Waals surface area (Å²) in [7, 11) is 0. The molecule has 0 saturated heterocycles. The minimum Gasteiger partial charge on any atom is -0.456 e. The number of thiophene rings is 1. The summed E-state index contributed by atoms with van der Waals surface area (Å²) in [6, 6.07) is 64.4. The molecule has 0 saturated carbocycles. The van der Waals surface area contributed by atoms with Gasteiger partial charge in [-0.2, -0.15) is 9.97 Å². The van der Waals surface area contributed by atoms with E-state index in [4.69, 9.17) is 19.4 Å². The normalized spacial score (nSPS) is 11.8. The van der Waals surface area contributed by atoms with E-state index in [9.17, 15) is 0 Å². The van der Waals surface area contributed by atoms with E-state index >= 15 is 0 Å². The highest BCUT2D eigenvalue weighted by Crippen LogP contribution is 2.44. The summed E-state index contributed by atoms with van der Waals surface area (Å²) in [5.41, 5.74) is 7.73. The molecule has 9 aromatic carbocycles. The van der Waals surface area contributed by atoms with Crippen LogP contribution >= 0.6 is 11.3 Å². The van der Waals surface area contributed by atoms with Crippen LogP contribution in [-0.4, -0.2) is 19.5 Å². The molecule has 5 nitrogen and oxygen atoms in total. The summed E-state index contributed by atoms with van der Waals surface area (Å²) in [6.45, 7) is 4.00. The molecule has 0 atom stereocenters. The molecule has 288 valence electrons. The van der Waals surface area contributed by atoms with Crippen LogP contribution in [0.3, 0.4) is 0 Å². The van der Waals surface area contributed by atoms with Crippen molar-refractivity contribution in [1.29, 1.82) is 0 Å². The van der Waals surface area contributed by atoms with Crippen molar-refractivity contribution in [3.8, 4) is 39.9 Å². The number of furan rings is 1. The van der Waals surface area contributed by atoms with Gasteiger partial charge in [0.05, 0.1) is 11.0 Å². The summed E-state index contributed by atoms with van der Waals surface area (Å²) >= 11 is 1.85. The molecular formula is C55H36N4OS. The van der Waals surface area contributed by atoms with Crippen molar-refractivity contribution < 1.29 is 4.42 Å². The molecule has 0 aliphatic carbocycles. The van der Waals surface area contributed by atoms with Crippen molar-refractivity contribution in [2.75, 3.05) is 0 Å². The van der Waals surface area contributed by atoms with Crippen molar-refractivity contribution in [1.82, 2.24) is 19.5 Å². The minimum absolute atomic E-state index is 0.550. The quantitative estimate of drug-likeness (QED) is 0.178. The first-order chi connectivity index (χ1) is 30.2. The number of hydrogen-bond acceptors (Lipinski definition) is 5. The van der Waals surface area contributed by atoms with Gasteiger partial charge in [-0.25, -0.2) is 4.98 Å². The molecule has 4 aromatic heterocycles. The van der Waals surface area contributed by atoms with E-state index in [-0.39, 0.29) is 0 Å². The van der Waals surface area contributed by atoms with Crippen LogP contribution in [0.25, 0.3) is 125 Å². The lowest BCUT2D eigenvalue weighted by Gasteiger charge is -2.13. The highest BCUT2D eigenvalue weighted by Gasteiger charge is 2.23. The van der Waals surface area contributed by atoms with E-state index in [1.54, 1.807) is 0 Å². The second kappa shape index (κ2) is 14.0. The molecule has 4 heterocycles. The van der Waals surface area contributed by atoms with Gasteiger partial charge in [-0.05, 0) is 69.6 Å². The van der Waals surface area contributed by atoms with E-state index in [0.717, 1.165) is 60.6 Å². The average Bonchev–Trinajstić information content (AvgIpc) is 4.01. The van der Waals surface area contributed by atoms with E-state index < -0.39 is 0 Å². The second-order valence-electron chi connectivity index (χ2n) is 15.1. The molecule has 13 rings (SSSR count). The lowest BCUT2D eigenvalue weighted by Crippen LogP contribution is -2.07. The molecule has 0 aliphatic heterocycles. The third kappa shape index (κ3) is 5.49.